The van der Waals surface area contributed by atoms with Gasteiger partial charge < -0.3 is 4.74 Å². The van der Waals surface area contributed by atoms with Crippen LogP contribution in [0.3, 0.4) is 0 Å². The Bertz CT molecular complexity index is 1650. The Morgan fingerprint density at radius 2 is 1.74 bits per heavy atom. The predicted octanol–water partition coefficient (Wildman–Crippen LogP) is 4.89. The van der Waals surface area contributed by atoms with Crippen molar-refractivity contribution in [2.75, 3.05) is 7.11 Å². The van der Waals surface area contributed by atoms with Gasteiger partial charge in [-0.25, -0.2) is 4.79 Å². The number of ether oxygens (including phenoxy) is 1. The maximum absolute atomic E-state index is 13.3. The van der Waals surface area contributed by atoms with Gasteiger partial charge in [-0.05, 0) is 55.3 Å². The molecular formula is C28H25N5O2. The Morgan fingerprint density at radius 1 is 1.00 bits per heavy atom. The van der Waals surface area contributed by atoms with Crippen molar-refractivity contribution < 1.29 is 4.74 Å². The van der Waals surface area contributed by atoms with Crippen LogP contribution in [-0.4, -0.2) is 26.2 Å². The lowest BCUT2D eigenvalue weighted by Crippen LogP contribution is -2.21. The van der Waals surface area contributed by atoms with Gasteiger partial charge in [0, 0.05) is 31.3 Å². The number of methoxy groups -OCH3 is 1. The van der Waals surface area contributed by atoms with Gasteiger partial charge in [0.1, 0.15) is 0 Å². The number of pyridine rings is 2. The molecule has 174 valence electrons. The SMILES string of the molecule is COCc1ccc(-c2ccc3ncc4c(c3c2)n(-c2ccc(C(C)(C)C#N)cc2)c(=O)n4C)cn1. The maximum Gasteiger partial charge on any atom is 0.333 e. The van der Waals surface area contributed by atoms with Crippen molar-refractivity contribution in [3.63, 3.8) is 0 Å². The molecule has 0 radical (unpaired) electrons. The van der Waals surface area contributed by atoms with Crippen LogP contribution < -0.4 is 5.69 Å². The van der Waals surface area contributed by atoms with E-state index >= 15 is 0 Å². The molecule has 0 atom stereocenters. The second-order valence-corrected chi connectivity index (χ2v) is 9.16. The molecule has 0 aliphatic carbocycles. The van der Waals surface area contributed by atoms with E-state index in [9.17, 15) is 10.1 Å². The van der Waals surface area contributed by atoms with Gasteiger partial charge in [-0.3, -0.25) is 19.1 Å². The Balaban J connectivity index is 1.72. The molecule has 0 saturated heterocycles. The van der Waals surface area contributed by atoms with Crippen LogP contribution in [0, 0.1) is 11.3 Å². The molecule has 0 saturated carbocycles. The van der Waals surface area contributed by atoms with Gasteiger partial charge >= 0.3 is 5.69 Å². The van der Waals surface area contributed by atoms with Crippen LogP contribution in [0.15, 0.2) is 71.8 Å². The summed E-state index contributed by atoms with van der Waals surface area (Å²) in [7, 11) is 3.40. The highest BCUT2D eigenvalue weighted by Gasteiger charge is 2.21. The average molecular weight is 464 g/mol. The molecule has 7 heteroatoms. The molecule has 0 bridgehead atoms. The summed E-state index contributed by atoms with van der Waals surface area (Å²) in [5.74, 6) is 0. The first-order valence-electron chi connectivity index (χ1n) is 11.3. The number of hydrogen-bond donors (Lipinski definition) is 0. The van der Waals surface area contributed by atoms with Gasteiger partial charge in [-0.1, -0.05) is 24.3 Å². The number of benzene rings is 2. The number of nitrogens with zero attached hydrogens (tertiary/aromatic N) is 5. The highest BCUT2D eigenvalue weighted by Crippen LogP contribution is 2.30. The number of imidazole rings is 1. The summed E-state index contributed by atoms with van der Waals surface area (Å²) in [6.45, 7) is 4.22. The van der Waals surface area contributed by atoms with Crippen LogP contribution in [-0.2, 0) is 23.8 Å². The minimum atomic E-state index is -0.611. The number of aryl methyl sites for hydroxylation is 1. The quantitative estimate of drug-likeness (QED) is 0.371. The van der Waals surface area contributed by atoms with Crippen molar-refractivity contribution in [1.29, 1.82) is 5.26 Å². The first kappa shape index (κ1) is 22.5. The molecule has 35 heavy (non-hydrogen) atoms. The first-order chi connectivity index (χ1) is 16.8. The normalized spacial score (nSPS) is 11.7. The fourth-order valence-electron chi connectivity index (χ4n) is 4.34. The molecule has 5 aromatic rings. The summed E-state index contributed by atoms with van der Waals surface area (Å²) in [6.07, 6.45) is 3.57. The summed E-state index contributed by atoms with van der Waals surface area (Å²) in [4.78, 5) is 22.4. The summed E-state index contributed by atoms with van der Waals surface area (Å²) in [5, 5.41) is 10.4. The summed E-state index contributed by atoms with van der Waals surface area (Å²) in [5.41, 5.74) is 6.02. The van der Waals surface area contributed by atoms with Crippen molar-refractivity contribution in [3.05, 3.63) is 88.7 Å². The highest BCUT2D eigenvalue weighted by atomic mass is 16.5. The van der Waals surface area contributed by atoms with Crippen molar-refractivity contribution in [2.24, 2.45) is 7.05 Å². The Kier molecular flexibility index (Phi) is 5.46. The molecule has 7 nitrogen and oxygen atoms in total. The van der Waals surface area contributed by atoms with E-state index in [1.807, 2.05) is 68.6 Å². The number of aromatic nitrogens is 4. The zero-order valence-corrected chi connectivity index (χ0v) is 20.1. The molecule has 0 spiro atoms. The zero-order valence-electron chi connectivity index (χ0n) is 20.1. The van der Waals surface area contributed by atoms with E-state index in [-0.39, 0.29) is 5.69 Å². The second kappa shape index (κ2) is 8.49. The van der Waals surface area contributed by atoms with Crippen LogP contribution in [0.5, 0.6) is 0 Å². The molecule has 5 rings (SSSR count). The standard InChI is InChI=1S/C28H25N5O2/c1-28(2,17-29)20-7-10-22(11-8-20)33-26-23-13-18(19-5-9-21(16-35-4)30-14-19)6-12-24(23)31-15-25(26)32(3)27(33)34/h5-15H,16H2,1-4H3. The van der Waals surface area contributed by atoms with Gasteiger partial charge in [0.15, 0.2) is 0 Å². The lowest BCUT2D eigenvalue weighted by Gasteiger charge is -2.16. The summed E-state index contributed by atoms with van der Waals surface area (Å²) >= 11 is 0. The molecule has 0 amide bonds. The number of rotatable bonds is 5. The van der Waals surface area contributed by atoms with E-state index in [0.29, 0.717) is 6.61 Å². The van der Waals surface area contributed by atoms with Crippen molar-refractivity contribution in [2.45, 2.75) is 25.9 Å². The van der Waals surface area contributed by atoms with E-state index < -0.39 is 5.41 Å². The molecule has 0 aliphatic rings. The fourth-order valence-corrected chi connectivity index (χ4v) is 4.34. The fraction of sp³-hybridized carbons (Fsp3) is 0.214. The van der Waals surface area contributed by atoms with Crippen LogP contribution in [0.4, 0.5) is 0 Å². The Hall–Kier alpha value is -4.28. The molecule has 3 aromatic heterocycles. The van der Waals surface area contributed by atoms with E-state index in [2.05, 4.69) is 22.1 Å². The van der Waals surface area contributed by atoms with Crippen molar-refractivity contribution >= 4 is 21.9 Å². The minimum absolute atomic E-state index is 0.155. The van der Waals surface area contributed by atoms with Crippen molar-refractivity contribution in [1.82, 2.24) is 19.1 Å². The summed E-state index contributed by atoms with van der Waals surface area (Å²) < 4.78 is 8.49. The molecule has 2 aromatic carbocycles. The van der Waals surface area contributed by atoms with Gasteiger partial charge in [0.2, 0.25) is 0 Å². The Labute approximate surface area is 202 Å². The van der Waals surface area contributed by atoms with E-state index in [1.54, 1.807) is 29.5 Å². The number of nitriles is 1. The lowest BCUT2D eigenvalue weighted by atomic mass is 9.86. The van der Waals surface area contributed by atoms with Crippen molar-refractivity contribution in [3.8, 4) is 22.9 Å². The minimum Gasteiger partial charge on any atom is -0.378 e. The molecule has 3 heterocycles. The predicted molar refractivity (Wildman–Crippen MR) is 136 cm³/mol. The number of fused-ring (bicyclic) bond motifs is 3. The Morgan fingerprint density at radius 3 is 2.40 bits per heavy atom. The van der Waals surface area contributed by atoms with Crippen LogP contribution in [0.2, 0.25) is 0 Å². The van der Waals surface area contributed by atoms with Gasteiger partial charge in [0.05, 0.1) is 52.2 Å². The van der Waals surface area contributed by atoms with E-state index in [1.165, 1.54) is 0 Å². The third kappa shape index (κ3) is 3.78. The number of hydrogen-bond acceptors (Lipinski definition) is 5. The van der Waals surface area contributed by atoms with Crippen LogP contribution >= 0.6 is 0 Å². The maximum atomic E-state index is 13.3. The van der Waals surface area contributed by atoms with E-state index in [4.69, 9.17) is 4.74 Å². The average Bonchev–Trinajstić information content (AvgIpc) is 3.14. The van der Waals surface area contributed by atoms with Gasteiger partial charge in [-0.2, -0.15) is 5.26 Å². The third-order valence-electron chi connectivity index (χ3n) is 6.46. The molecular weight excluding hydrogens is 438 g/mol. The molecule has 0 aliphatic heterocycles. The second-order valence-electron chi connectivity index (χ2n) is 9.16. The largest absolute Gasteiger partial charge is 0.378 e. The zero-order chi connectivity index (χ0) is 24.7. The highest BCUT2D eigenvalue weighted by molar-refractivity contribution is 6.04. The topological polar surface area (TPSA) is 85.7 Å². The van der Waals surface area contributed by atoms with Gasteiger partial charge in [0.25, 0.3) is 0 Å². The lowest BCUT2D eigenvalue weighted by molar-refractivity contribution is 0.181. The summed E-state index contributed by atoms with van der Waals surface area (Å²) in [6, 6.07) is 19.9. The smallest absolute Gasteiger partial charge is 0.333 e. The molecule has 0 fully saturated rings. The monoisotopic (exact) mass is 463 g/mol. The van der Waals surface area contributed by atoms with E-state index in [0.717, 1.165) is 50.0 Å². The van der Waals surface area contributed by atoms with Crippen LogP contribution in [0.25, 0.3) is 38.8 Å². The van der Waals surface area contributed by atoms with Gasteiger partial charge in [-0.15, -0.1) is 0 Å². The first-order valence-corrected chi connectivity index (χ1v) is 11.3. The third-order valence-corrected chi connectivity index (χ3v) is 6.46. The molecule has 0 unspecified atom stereocenters. The molecule has 0 N–H and O–H groups in total. The van der Waals surface area contributed by atoms with Crippen LogP contribution in [0.1, 0.15) is 25.1 Å².